The minimum atomic E-state index is -0.145. The van der Waals surface area contributed by atoms with Gasteiger partial charge in [0.05, 0.1) is 19.3 Å². The van der Waals surface area contributed by atoms with Crippen LogP contribution in [0.25, 0.3) is 0 Å². The molecule has 4 nitrogen and oxygen atoms in total. The molecule has 0 atom stereocenters. The van der Waals surface area contributed by atoms with Crippen molar-refractivity contribution in [2.75, 3.05) is 24.3 Å². The molecule has 0 aliphatic rings. The molecule has 2 aromatic carbocycles. The van der Waals surface area contributed by atoms with Gasteiger partial charge in [-0.25, -0.2) is 0 Å². The summed E-state index contributed by atoms with van der Waals surface area (Å²) in [7, 11) is 1.57. The second-order valence-electron chi connectivity index (χ2n) is 4.56. The molecule has 0 saturated heterocycles. The zero-order valence-electron chi connectivity index (χ0n) is 11.9. The van der Waals surface area contributed by atoms with Crippen LogP contribution in [0.5, 0.6) is 5.75 Å². The average molecular weight is 305 g/mol. The number of carbonyl (C=O) groups is 1. The number of anilines is 2. The lowest BCUT2D eigenvalue weighted by atomic mass is 10.2. The normalized spacial score (nSPS) is 10.0. The Hall–Kier alpha value is -2.20. The van der Waals surface area contributed by atoms with Gasteiger partial charge in [-0.3, -0.25) is 4.79 Å². The van der Waals surface area contributed by atoms with Crippen molar-refractivity contribution in [2.24, 2.45) is 0 Å². The molecule has 0 saturated carbocycles. The standard InChI is InChI=1S/C16H17ClN2O2/c1-11-9-12(17)7-8-13(11)18-10-16(20)19-14-5-3-4-6-15(14)21-2/h3-9,18H,10H2,1-2H3,(H,19,20). The first-order valence-electron chi connectivity index (χ1n) is 6.53. The van der Waals surface area contributed by atoms with Crippen LogP contribution in [0, 0.1) is 6.92 Å². The van der Waals surface area contributed by atoms with Gasteiger partial charge in [-0.1, -0.05) is 23.7 Å². The molecular weight excluding hydrogens is 288 g/mol. The molecule has 0 aromatic heterocycles. The molecule has 5 heteroatoms. The molecule has 2 aromatic rings. The Morgan fingerprint density at radius 3 is 2.67 bits per heavy atom. The molecule has 0 fully saturated rings. The minimum Gasteiger partial charge on any atom is -0.495 e. The van der Waals surface area contributed by atoms with Gasteiger partial charge in [-0.2, -0.15) is 0 Å². The molecule has 0 spiro atoms. The Labute approximate surface area is 129 Å². The summed E-state index contributed by atoms with van der Waals surface area (Å²) < 4.78 is 5.19. The largest absolute Gasteiger partial charge is 0.495 e. The first-order valence-corrected chi connectivity index (χ1v) is 6.91. The highest BCUT2D eigenvalue weighted by Gasteiger charge is 2.07. The second-order valence-corrected chi connectivity index (χ2v) is 5.00. The first-order chi connectivity index (χ1) is 10.1. The smallest absolute Gasteiger partial charge is 0.243 e. The Kier molecular flexibility index (Phi) is 5.06. The van der Waals surface area contributed by atoms with Gasteiger partial charge in [0.25, 0.3) is 0 Å². The summed E-state index contributed by atoms with van der Waals surface area (Å²) in [5.74, 6) is 0.488. The van der Waals surface area contributed by atoms with E-state index in [2.05, 4.69) is 10.6 Å². The highest BCUT2D eigenvalue weighted by Crippen LogP contribution is 2.23. The lowest BCUT2D eigenvalue weighted by Crippen LogP contribution is -2.22. The third-order valence-electron chi connectivity index (χ3n) is 3.01. The third kappa shape index (κ3) is 4.13. The zero-order chi connectivity index (χ0) is 15.2. The first kappa shape index (κ1) is 15.2. The predicted molar refractivity (Wildman–Crippen MR) is 86.3 cm³/mol. The molecule has 21 heavy (non-hydrogen) atoms. The van der Waals surface area contributed by atoms with Gasteiger partial charge in [-0.15, -0.1) is 0 Å². The molecule has 0 heterocycles. The van der Waals surface area contributed by atoms with E-state index >= 15 is 0 Å². The molecule has 0 aliphatic heterocycles. The SMILES string of the molecule is COc1ccccc1NC(=O)CNc1ccc(Cl)cc1C. The van der Waals surface area contributed by atoms with Gasteiger partial charge in [0, 0.05) is 10.7 Å². The van der Waals surface area contributed by atoms with Crippen LogP contribution in [0.4, 0.5) is 11.4 Å². The Bertz CT molecular complexity index is 644. The van der Waals surface area contributed by atoms with Gasteiger partial charge in [0.1, 0.15) is 5.75 Å². The fourth-order valence-corrected chi connectivity index (χ4v) is 2.17. The van der Waals surface area contributed by atoms with Crippen LogP contribution in [0.1, 0.15) is 5.56 Å². The highest BCUT2D eigenvalue weighted by molar-refractivity contribution is 6.30. The van der Waals surface area contributed by atoms with Crippen molar-refractivity contribution in [1.29, 1.82) is 0 Å². The summed E-state index contributed by atoms with van der Waals surface area (Å²) in [5, 5.41) is 6.57. The Morgan fingerprint density at radius 2 is 1.95 bits per heavy atom. The van der Waals surface area contributed by atoms with E-state index < -0.39 is 0 Å². The molecular formula is C16H17ClN2O2. The van der Waals surface area contributed by atoms with Gasteiger partial charge >= 0.3 is 0 Å². The molecule has 110 valence electrons. The van der Waals surface area contributed by atoms with E-state index in [1.807, 2.05) is 31.2 Å². The lowest BCUT2D eigenvalue weighted by molar-refractivity contribution is -0.114. The van der Waals surface area contributed by atoms with Crippen molar-refractivity contribution in [3.05, 3.63) is 53.1 Å². The maximum Gasteiger partial charge on any atom is 0.243 e. The number of halogens is 1. The summed E-state index contributed by atoms with van der Waals surface area (Å²) in [6.45, 7) is 2.10. The van der Waals surface area contributed by atoms with E-state index in [0.717, 1.165) is 11.3 Å². The average Bonchev–Trinajstić information content (AvgIpc) is 2.47. The molecule has 0 bridgehead atoms. The number of para-hydroxylation sites is 2. The van der Waals surface area contributed by atoms with Crippen molar-refractivity contribution < 1.29 is 9.53 Å². The van der Waals surface area contributed by atoms with Crippen molar-refractivity contribution in [3.8, 4) is 5.75 Å². The topological polar surface area (TPSA) is 50.4 Å². The van der Waals surface area contributed by atoms with Crippen LogP contribution in [-0.2, 0) is 4.79 Å². The number of amides is 1. The molecule has 0 radical (unpaired) electrons. The van der Waals surface area contributed by atoms with Crippen molar-refractivity contribution in [1.82, 2.24) is 0 Å². The predicted octanol–water partition coefficient (Wildman–Crippen LogP) is 3.71. The van der Waals surface area contributed by atoms with Crippen LogP contribution in [0.15, 0.2) is 42.5 Å². The summed E-state index contributed by atoms with van der Waals surface area (Å²) in [6, 6.07) is 12.8. The van der Waals surface area contributed by atoms with E-state index in [9.17, 15) is 4.79 Å². The summed E-state index contributed by atoms with van der Waals surface area (Å²) >= 11 is 5.90. The maximum atomic E-state index is 12.0. The number of methoxy groups -OCH3 is 1. The van der Waals surface area contributed by atoms with E-state index in [4.69, 9.17) is 16.3 Å². The van der Waals surface area contributed by atoms with Gasteiger partial charge in [0.2, 0.25) is 5.91 Å². The number of aryl methyl sites for hydroxylation is 1. The van der Waals surface area contributed by atoms with Crippen LogP contribution in [0.3, 0.4) is 0 Å². The van der Waals surface area contributed by atoms with E-state index in [-0.39, 0.29) is 12.5 Å². The van der Waals surface area contributed by atoms with Crippen molar-refractivity contribution in [2.45, 2.75) is 6.92 Å². The van der Waals surface area contributed by atoms with Gasteiger partial charge in [0.15, 0.2) is 0 Å². The fraction of sp³-hybridized carbons (Fsp3) is 0.188. The number of nitrogens with one attached hydrogen (secondary N) is 2. The maximum absolute atomic E-state index is 12.0. The number of rotatable bonds is 5. The summed E-state index contributed by atoms with van der Waals surface area (Å²) in [5.41, 5.74) is 2.53. The third-order valence-corrected chi connectivity index (χ3v) is 3.24. The number of hydrogen-bond acceptors (Lipinski definition) is 3. The van der Waals surface area contributed by atoms with Crippen LogP contribution in [-0.4, -0.2) is 19.6 Å². The number of hydrogen-bond donors (Lipinski definition) is 2. The number of carbonyl (C=O) groups excluding carboxylic acids is 1. The van der Waals surface area contributed by atoms with Crippen LogP contribution >= 0.6 is 11.6 Å². The zero-order valence-corrected chi connectivity index (χ0v) is 12.7. The molecule has 1 amide bonds. The summed E-state index contributed by atoms with van der Waals surface area (Å²) in [6.07, 6.45) is 0. The van der Waals surface area contributed by atoms with Gasteiger partial charge in [-0.05, 0) is 42.8 Å². The molecule has 0 aliphatic carbocycles. The van der Waals surface area contributed by atoms with Crippen molar-refractivity contribution >= 4 is 28.9 Å². The molecule has 0 unspecified atom stereocenters. The second kappa shape index (κ2) is 6.99. The quantitative estimate of drug-likeness (QED) is 0.885. The van der Waals surface area contributed by atoms with E-state index in [0.29, 0.717) is 16.5 Å². The van der Waals surface area contributed by atoms with Crippen molar-refractivity contribution in [3.63, 3.8) is 0 Å². The molecule has 2 rings (SSSR count). The number of ether oxygens (including phenoxy) is 1. The highest BCUT2D eigenvalue weighted by atomic mass is 35.5. The Morgan fingerprint density at radius 1 is 1.19 bits per heavy atom. The number of benzene rings is 2. The summed E-state index contributed by atoms with van der Waals surface area (Å²) in [4.78, 5) is 12.0. The van der Waals surface area contributed by atoms with Crippen LogP contribution in [0.2, 0.25) is 5.02 Å². The monoisotopic (exact) mass is 304 g/mol. The Balaban J connectivity index is 1.96. The van der Waals surface area contributed by atoms with E-state index in [1.165, 1.54) is 0 Å². The van der Waals surface area contributed by atoms with Gasteiger partial charge < -0.3 is 15.4 Å². The fourth-order valence-electron chi connectivity index (χ4n) is 1.94. The lowest BCUT2D eigenvalue weighted by Gasteiger charge is -2.12. The molecule has 2 N–H and O–H groups in total. The minimum absolute atomic E-state index is 0.145. The van der Waals surface area contributed by atoms with Crippen LogP contribution < -0.4 is 15.4 Å². The van der Waals surface area contributed by atoms with E-state index in [1.54, 1.807) is 25.3 Å².